The number of amides is 2. The molecule has 1 aromatic carbocycles. The molecule has 0 spiro atoms. The van der Waals surface area contributed by atoms with Crippen molar-refractivity contribution in [3.63, 3.8) is 0 Å². The summed E-state index contributed by atoms with van der Waals surface area (Å²) in [6.45, 7) is 5.00. The lowest BCUT2D eigenvalue weighted by Gasteiger charge is -2.39. The van der Waals surface area contributed by atoms with Gasteiger partial charge in [-0.25, -0.2) is 4.98 Å². The van der Waals surface area contributed by atoms with Gasteiger partial charge in [0, 0.05) is 18.7 Å². The summed E-state index contributed by atoms with van der Waals surface area (Å²) < 4.78 is 0. The molecule has 2 amide bonds. The highest BCUT2D eigenvalue weighted by molar-refractivity contribution is 5.89. The monoisotopic (exact) mass is 481 g/mol. The van der Waals surface area contributed by atoms with Crippen LogP contribution in [0, 0.1) is 6.92 Å². The van der Waals surface area contributed by atoms with E-state index in [4.69, 9.17) is 10.8 Å². The van der Waals surface area contributed by atoms with E-state index < -0.39 is 18.1 Å². The number of piperidine rings is 1. The Morgan fingerprint density at radius 3 is 2.63 bits per heavy atom. The first-order chi connectivity index (χ1) is 16.7. The Balaban J connectivity index is 1.62. The van der Waals surface area contributed by atoms with E-state index in [1.54, 1.807) is 13.0 Å². The second-order valence-electron chi connectivity index (χ2n) is 9.11. The lowest BCUT2D eigenvalue weighted by molar-refractivity contribution is -0.137. The van der Waals surface area contributed by atoms with E-state index in [1.807, 2.05) is 36.1 Å². The molecule has 9 nitrogen and oxygen atoms in total. The minimum absolute atomic E-state index is 0.0607. The maximum Gasteiger partial charge on any atom is 0.303 e. The molecule has 0 aliphatic carbocycles. The summed E-state index contributed by atoms with van der Waals surface area (Å²) in [6.07, 6.45) is 2.05. The fourth-order valence-electron chi connectivity index (χ4n) is 4.52. The van der Waals surface area contributed by atoms with E-state index in [0.29, 0.717) is 38.3 Å². The molecule has 35 heavy (non-hydrogen) atoms. The van der Waals surface area contributed by atoms with Gasteiger partial charge in [0.1, 0.15) is 11.9 Å². The van der Waals surface area contributed by atoms with Gasteiger partial charge >= 0.3 is 5.97 Å². The maximum atomic E-state index is 13.3. The predicted octanol–water partition coefficient (Wildman–Crippen LogP) is 2.21. The molecule has 0 radical (unpaired) electrons. The van der Waals surface area contributed by atoms with Crippen LogP contribution >= 0.6 is 0 Å². The lowest BCUT2D eigenvalue weighted by Crippen LogP contribution is -2.55. The lowest BCUT2D eigenvalue weighted by atomic mass is 9.84. The predicted molar refractivity (Wildman–Crippen MR) is 133 cm³/mol. The molecular formula is C26H35N5O4. The van der Waals surface area contributed by atoms with Crippen molar-refractivity contribution >= 4 is 23.6 Å². The van der Waals surface area contributed by atoms with Gasteiger partial charge in [0.2, 0.25) is 11.8 Å². The third kappa shape index (κ3) is 7.51. The molecule has 0 saturated carbocycles. The third-order valence-corrected chi connectivity index (χ3v) is 6.54. The number of carbonyl (C=O) groups excluding carboxylic acids is 2. The van der Waals surface area contributed by atoms with Crippen LogP contribution in [0.1, 0.15) is 55.3 Å². The van der Waals surface area contributed by atoms with E-state index in [2.05, 4.69) is 27.8 Å². The molecule has 0 unspecified atom stereocenters. The van der Waals surface area contributed by atoms with Gasteiger partial charge in [-0.05, 0) is 69.3 Å². The van der Waals surface area contributed by atoms with Crippen molar-refractivity contribution in [3.8, 4) is 0 Å². The molecule has 1 aliphatic heterocycles. The van der Waals surface area contributed by atoms with Crippen LogP contribution in [0.25, 0.3) is 0 Å². The van der Waals surface area contributed by atoms with Gasteiger partial charge in [-0.15, -0.1) is 0 Å². The van der Waals surface area contributed by atoms with Crippen molar-refractivity contribution in [2.24, 2.45) is 0 Å². The van der Waals surface area contributed by atoms with Gasteiger partial charge in [0.25, 0.3) is 0 Å². The Morgan fingerprint density at radius 2 is 1.94 bits per heavy atom. The molecule has 1 saturated heterocycles. The van der Waals surface area contributed by atoms with Gasteiger partial charge < -0.3 is 21.5 Å². The Kier molecular flexibility index (Phi) is 9.19. The molecule has 5 N–H and O–H groups in total. The van der Waals surface area contributed by atoms with Crippen molar-refractivity contribution in [1.82, 2.24) is 20.5 Å². The van der Waals surface area contributed by atoms with Crippen LogP contribution in [-0.4, -0.2) is 57.9 Å². The number of carboxylic acids is 1. The zero-order chi connectivity index (χ0) is 25.4. The summed E-state index contributed by atoms with van der Waals surface area (Å²) in [6, 6.07) is 12.5. The molecule has 9 heteroatoms. The van der Waals surface area contributed by atoms with Crippen molar-refractivity contribution < 1.29 is 19.5 Å². The second-order valence-corrected chi connectivity index (χ2v) is 9.11. The largest absolute Gasteiger partial charge is 0.481 e. The number of aliphatic carboxylic acids is 1. The smallest absolute Gasteiger partial charge is 0.303 e. The van der Waals surface area contributed by atoms with E-state index in [9.17, 15) is 14.4 Å². The number of aromatic nitrogens is 1. The normalized spacial score (nSPS) is 19.0. The molecule has 1 fully saturated rings. The number of carboxylic acid groups (broad SMARTS) is 1. The first kappa shape index (κ1) is 26.2. The van der Waals surface area contributed by atoms with Crippen LogP contribution in [0.2, 0.25) is 0 Å². The van der Waals surface area contributed by atoms with Gasteiger partial charge in [-0.1, -0.05) is 36.4 Å². The summed E-state index contributed by atoms with van der Waals surface area (Å²) >= 11 is 0. The van der Waals surface area contributed by atoms with Gasteiger partial charge in [-0.2, -0.15) is 0 Å². The SMILES string of the molecule is Cc1nc(N)ccc1CNC(=O)[C@H](C)NC(=O)[C@H]1C[C@@H](c2ccccc2)CCN1CCCC(=O)O. The van der Waals surface area contributed by atoms with Crippen molar-refractivity contribution in [2.75, 3.05) is 18.8 Å². The molecular weight excluding hydrogens is 446 g/mol. The van der Waals surface area contributed by atoms with Crippen LogP contribution in [0.4, 0.5) is 5.82 Å². The molecule has 1 aliphatic rings. The van der Waals surface area contributed by atoms with Gasteiger partial charge in [0.05, 0.1) is 6.04 Å². The fraction of sp³-hybridized carbons (Fsp3) is 0.462. The number of nitrogens with one attached hydrogen (secondary N) is 2. The number of likely N-dealkylation sites (tertiary alicyclic amines) is 1. The highest BCUT2D eigenvalue weighted by atomic mass is 16.4. The molecule has 2 aromatic rings. The number of aryl methyl sites for hydroxylation is 1. The summed E-state index contributed by atoms with van der Waals surface area (Å²) in [7, 11) is 0. The summed E-state index contributed by atoms with van der Waals surface area (Å²) in [5.74, 6) is -0.696. The Morgan fingerprint density at radius 1 is 1.20 bits per heavy atom. The summed E-state index contributed by atoms with van der Waals surface area (Å²) in [4.78, 5) is 43.2. The topological polar surface area (TPSA) is 138 Å². The molecule has 188 valence electrons. The zero-order valence-corrected chi connectivity index (χ0v) is 20.4. The quantitative estimate of drug-likeness (QED) is 0.408. The van der Waals surface area contributed by atoms with Crippen LogP contribution in [0.15, 0.2) is 42.5 Å². The summed E-state index contributed by atoms with van der Waals surface area (Å²) in [5, 5.41) is 14.7. The molecule has 3 atom stereocenters. The van der Waals surface area contributed by atoms with Crippen molar-refractivity contribution in [2.45, 2.75) is 64.1 Å². The van der Waals surface area contributed by atoms with Gasteiger partial charge in [-0.3, -0.25) is 19.3 Å². The fourth-order valence-corrected chi connectivity index (χ4v) is 4.52. The van der Waals surface area contributed by atoms with E-state index in [-0.39, 0.29) is 24.2 Å². The second kappa shape index (κ2) is 12.3. The van der Waals surface area contributed by atoms with Crippen LogP contribution in [0.5, 0.6) is 0 Å². The van der Waals surface area contributed by atoms with Crippen molar-refractivity contribution in [3.05, 3.63) is 59.3 Å². The number of anilines is 1. The Hall–Kier alpha value is -3.46. The number of nitrogens with zero attached hydrogens (tertiary/aromatic N) is 2. The van der Waals surface area contributed by atoms with Crippen molar-refractivity contribution in [1.29, 1.82) is 0 Å². The zero-order valence-electron chi connectivity index (χ0n) is 20.4. The van der Waals surface area contributed by atoms with Gasteiger partial charge in [0.15, 0.2) is 0 Å². The first-order valence-electron chi connectivity index (χ1n) is 12.1. The highest BCUT2D eigenvalue weighted by Crippen LogP contribution is 2.32. The average molecular weight is 482 g/mol. The number of rotatable bonds is 10. The first-order valence-corrected chi connectivity index (χ1v) is 12.1. The molecule has 0 bridgehead atoms. The number of benzene rings is 1. The van der Waals surface area contributed by atoms with Crippen LogP contribution in [0.3, 0.4) is 0 Å². The number of nitrogens with two attached hydrogens (primary N) is 1. The van der Waals surface area contributed by atoms with E-state index >= 15 is 0 Å². The number of pyridine rings is 1. The third-order valence-electron chi connectivity index (χ3n) is 6.54. The van der Waals surface area contributed by atoms with Crippen LogP contribution < -0.4 is 16.4 Å². The van der Waals surface area contributed by atoms with E-state index in [0.717, 1.165) is 17.7 Å². The maximum absolute atomic E-state index is 13.3. The number of carbonyl (C=O) groups is 3. The van der Waals surface area contributed by atoms with Crippen LogP contribution in [-0.2, 0) is 20.9 Å². The van der Waals surface area contributed by atoms with E-state index in [1.165, 1.54) is 5.56 Å². The number of nitrogen functional groups attached to an aromatic ring is 1. The Bertz CT molecular complexity index is 1030. The number of hydrogen-bond donors (Lipinski definition) is 4. The molecule has 2 heterocycles. The summed E-state index contributed by atoms with van der Waals surface area (Å²) in [5.41, 5.74) is 8.47. The standard InChI is InChI=1S/C26H35N5O4/c1-17-21(10-11-23(27)29-17)16-28-25(34)18(2)30-26(35)22-15-20(19-7-4-3-5-8-19)12-14-31(22)13-6-9-24(32)33/h3-5,7-8,10-11,18,20,22H,6,9,12-16H2,1-2H3,(H2,27,29)(H,28,34)(H,30,35)(H,32,33)/t18-,20-,22+/m0/s1. The number of hydrogen-bond acceptors (Lipinski definition) is 6. The minimum atomic E-state index is -0.845. The highest BCUT2D eigenvalue weighted by Gasteiger charge is 2.34. The molecule has 1 aromatic heterocycles. The average Bonchev–Trinajstić information content (AvgIpc) is 2.83. The minimum Gasteiger partial charge on any atom is -0.481 e. The Labute approximate surface area is 206 Å². The molecule has 3 rings (SSSR count).